The summed E-state index contributed by atoms with van der Waals surface area (Å²) in [6, 6.07) is 13.0. The first kappa shape index (κ1) is 26.5. The number of halogens is 1. The topological polar surface area (TPSA) is 65.1 Å². The molecule has 1 unspecified atom stereocenters. The second-order valence-corrected chi connectivity index (χ2v) is 9.73. The zero-order valence-electron chi connectivity index (χ0n) is 21.3. The molecule has 0 saturated carbocycles. The van der Waals surface area contributed by atoms with Gasteiger partial charge in [-0.3, -0.25) is 4.79 Å². The maximum atomic E-state index is 13.3. The average molecular weight is 485 g/mol. The monoisotopic (exact) mass is 484 g/mol. The van der Waals surface area contributed by atoms with E-state index in [0.717, 1.165) is 12.2 Å². The standard InChI is InChI=1S/C27H37FN4O3/c1-19(2)25(26(33)31(5)22-10-6-20(7-11-22)18-30(3)4)29-27(34)32-16-14-24(15-17-32)35-23-12-8-21(28)9-13-23/h6-13,19,24-25H,14-18H2,1-5H3,(H,29,34). The van der Waals surface area contributed by atoms with E-state index in [1.165, 1.54) is 17.7 Å². The molecule has 1 N–H and O–H groups in total. The van der Waals surface area contributed by atoms with E-state index in [1.807, 2.05) is 52.2 Å². The molecule has 1 fully saturated rings. The predicted molar refractivity (Wildman–Crippen MR) is 136 cm³/mol. The highest BCUT2D eigenvalue weighted by atomic mass is 19.1. The summed E-state index contributed by atoms with van der Waals surface area (Å²) in [5, 5.41) is 2.95. The summed E-state index contributed by atoms with van der Waals surface area (Å²) in [4.78, 5) is 31.7. The number of likely N-dealkylation sites (N-methyl/N-ethyl adjacent to an activating group) is 1. The fourth-order valence-electron chi connectivity index (χ4n) is 4.15. The molecule has 35 heavy (non-hydrogen) atoms. The van der Waals surface area contributed by atoms with Gasteiger partial charge in [0, 0.05) is 45.2 Å². The van der Waals surface area contributed by atoms with Gasteiger partial charge < -0.3 is 24.8 Å². The summed E-state index contributed by atoms with van der Waals surface area (Å²) in [6.07, 6.45) is 1.31. The lowest BCUT2D eigenvalue weighted by Crippen LogP contribution is -2.55. The molecule has 2 aromatic carbocycles. The van der Waals surface area contributed by atoms with Crippen molar-refractivity contribution in [1.29, 1.82) is 0 Å². The molecular formula is C27H37FN4O3. The van der Waals surface area contributed by atoms with E-state index in [-0.39, 0.29) is 29.8 Å². The van der Waals surface area contributed by atoms with Gasteiger partial charge in [-0.05, 0) is 62.0 Å². The SMILES string of the molecule is CC(C)C(NC(=O)N1CCC(Oc2ccc(F)cc2)CC1)C(=O)N(C)c1ccc(CN(C)C)cc1. The van der Waals surface area contributed by atoms with Gasteiger partial charge in [0.15, 0.2) is 0 Å². The molecule has 1 saturated heterocycles. The second-order valence-electron chi connectivity index (χ2n) is 9.73. The van der Waals surface area contributed by atoms with Crippen molar-refractivity contribution in [2.75, 3.05) is 39.1 Å². The predicted octanol–water partition coefficient (Wildman–Crippen LogP) is 4.13. The minimum Gasteiger partial charge on any atom is -0.490 e. The van der Waals surface area contributed by atoms with Crippen molar-refractivity contribution < 1.29 is 18.7 Å². The number of anilines is 1. The largest absolute Gasteiger partial charge is 0.490 e. The zero-order chi connectivity index (χ0) is 25.5. The number of likely N-dealkylation sites (tertiary alicyclic amines) is 1. The van der Waals surface area contributed by atoms with Crippen molar-refractivity contribution in [3.8, 4) is 5.75 Å². The number of benzene rings is 2. The van der Waals surface area contributed by atoms with E-state index in [2.05, 4.69) is 10.2 Å². The Labute approximate surface area is 207 Å². The third-order valence-electron chi connectivity index (χ3n) is 6.21. The Hall–Kier alpha value is -3.13. The van der Waals surface area contributed by atoms with Crippen LogP contribution >= 0.6 is 0 Å². The number of rotatable bonds is 8. The van der Waals surface area contributed by atoms with Gasteiger partial charge in [0.1, 0.15) is 23.7 Å². The number of hydrogen-bond donors (Lipinski definition) is 1. The summed E-state index contributed by atoms with van der Waals surface area (Å²) >= 11 is 0. The number of nitrogens with one attached hydrogen (secondary N) is 1. The molecule has 8 heteroatoms. The number of amides is 3. The van der Waals surface area contributed by atoms with Gasteiger partial charge >= 0.3 is 6.03 Å². The summed E-state index contributed by atoms with van der Waals surface area (Å²) in [6.45, 7) is 5.74. The van der Waals surface area contributed by atoms with Crippen LogP contribution in [0.2, 0.25) is 0 Å². The van der Waals surface area contributed by atoms with Crippen LogP contribution in [0, 0.1) is 11.7 Å². The Kier molecular flexibility index (Phi) is 9.09. The van der Waals surface area contributed by atoms with E-state index in [9.17, 15) is 14.0 Å². The molecule has 0 bridgehead atoms. The van der Waals surface area contributed by atoms with Crippen LogP contribution < -0.4 is 15.0 Å². The number of piperidine rings is 1. The van der Waals surface area contributed by atoms with Crippen LogP contribution in [0.4, 0.5) is 14.9 Å². The molecule has 0 spiro atoms. The molecule has 0 aromatic heterocycles. The van der Waals surface area contributed by atoms with Crippen LogP contribution in [0.25, 0.3) is 0 Å². The van der Waals surface area contributed by atoms with Crippen molar-refractivity contribution in [3.05, 3.63) is 59.9 Å². The van der Waals surface area contributed by atoms with Crippen molar-refractivity contribution in [2.45, 2.75) is 45.4 Å². The van der Waals surface area contributed by atoms with Crippen LogP contribution in [0.15, 0.2) is 48.5 Å². The molecule has 3 amide bonds. The quantitative estimate of drug-likeness (QED) is 0.612. The lowest BCUT2D eigenvalue weighted by molar-refractivity contribution is -0.121. The van der Waals surface area contributed by atoms with Crippen LogP contribution in [-0.2, 0) is 11.3 Å². The first-order valence-electron chi connectivity index (χ1n) is 12.1. The van der Waals surface area contributed by atoms with Crippen LogP contribution in [0.5, 0.6) is 5.75 Å². The van der Waals surface area contributed by atoms with Gasteiger partial charge in [0.2, 0.25) is 5.91 Å². The molecule has 0 aliphatic carbocycles. The van der Waals surface area contributed by atoms with E-state index in [4.69, 9.17) is 4.74 Å². The fraction of sp³-hybridized carbons (Fsp3) is 0.481. The van der Waals surface area contributed by atoms with Crippen molar-refractivity contribution in [3.63, 3.8) is 0 Å². The maximum Gasteiger partial charge on any atom is 0.318 e. The smallest absolute Gasteiger partial charge is 0.318 e. The molecule has 3 rings (SSSR count). The van der Waals surface area contributed by atoms with Gasteiger partial charge in [-0.25, -0.2) is 9.18 Å². The van der Waals surface area contributed by atoms with Crippen molar-refractivity contribution >= 4 is 17.6 Å². The number of hydrogen-bond acceptors (Lipinski definition) is 4. The molecule has 0 radical (unpaired) electrons. The second kappa shape index (κ2) is 12.0. The zero-order valence-corrected chi connectivity index (χ0v) is 21.3. The Bertz CT molecular complexity index is 971. The van der Waals surface area contributed by atoms with Gasteiger partial charge in [0.05, 0.1) is 0 Å². The minimum atomic E-state index is -0.637. The van der Waals surface area contributed by atoms with Gasteiger partial charge in [-0.15, -0.1) is 0 Å². The van der Waals surface area contributed by atoms with E-state index in [1.54, 1.807) is 29.0 Å². The highest BCUT2D eigenvalue weighted by Gasteiger charge is 2.31. The van der Waals surface area contributed by atoms with E-state index < -0.39 is 6.04 Å². The Morgan fingerprint density at radius 3 is 2.17 bits per heavy atom. The summed E-state index contributed by atoms with van der Waals surface area (Å²) in [5.74, 6) is 0.104. The molecule has 2 aromatic rings. The Balaban J connectivity index is 1.55. The van der Waals surface area contributed by atoms with Crippen LogP contribution in [0.1, 0.15) is 32.3 Å². The highest BCUT2D eigenvalue weighted by molar-refractivity contribution is 5.98. The first-order valence-corrected chi connectivity index (χ1v) is 12.1. The van der Waals surface area contributed by atoms with Crippen molar-refractivity contribution in [1.82, 2.24) is 15.1 Å². The Morgan fingerprint density at radius 1 is 1.03 bits per heavy atom. The molecule has 7 nitrogen and oxygen atoms in total. The number of carbonyl (C=O) groups excluding carboxylic acids is 2. The average Bonchev–Trinajstić information content (AvgIpc) is 2.83. The van der Waals surface area contributed by atoms with Crippen molar-refractivity contribution in [2.24, 2.45) is 5.92 Å². The fourth-order valence-corrected chi connectivity index (χ4v) is 4.15. The van der Waals surface area contributed by atoms with Crippen LogP contribution in [-0.4, -0.2) is 68.1 Å². The van der Waals surface area contributed by atoms with Gasteiger partial charge in [-0.2, -0.15) is 0 Å². The molecule has 190 valence electrons. The molecule has 1 aliphatic rings. The number of nitrogens with zero attached hydrogens (tertiary/aromatic N) is 3. The molecule has 1 atom stereocenters. The molecule has 1 aliphatic heterocycles. The number of carbonyl (C=O) groups is 2. The lowest BCUT2D eigenvalue weighted by atomic mass is 10.0. The third-order valence-corrected chi connectivity index (χ3v) is 6.21. The summed E-state index contributed by atoms with van der Waals surface area (Å²) in [5.41, 5.74) is 1.95. The molecular weight excluding hydrogens is 447 g/mol. The van der Waals surface area contributed by atoms with Crippen LogP contribution in [0.3, 0.4) is 0 Å². The number of urea groups is 1. The lowest BCUT2D eigenvalue weighted by Gasteiger charge is -2.34. The van der Waals surface area contributed by atoms with Gasteiger partial charge in [-0.1, -0.05) is 26.0 Å². The van der Waals surface area contributed by atoms with E-state index in [0.29, 0.717) is 31.7 Å². The molecule has 1 heterocycles. The van der Waals surface area contributed by atoms with Gasteiger partial charge in [0.25, 0.3) is 0 Å². The number of ether oxygens (including phenoxy) is 1. The normalized spacial score (nSPS) is 15.3. The Morgan fingerprint density at radius 2 is 1.63 bits per heavy atom. The minimum absolute atomic E-state index is 0.0337. The first-order chi connectivity index (χ1) is 16.6. The summed E-state index contributed by atoms with van der Waals surface area (Å²) < 4.78 is 19.0. The van der Waals surface area contributed by atoms with E-state index >= 15 is 0 Å². The third kappa shape index (κ3) is 7.42. The maximum absolute atomic E-state index is 13.3. The highest BCUT2D eigenvalue weighted by Crippen LogP contribution is 2.21. The summed E-state index contributed by atoms with van der Waals surface area (Å²) in [7, 11) is 5.77.